The Bertz CT molecular complexity index is 1350. The number of ether oxygens (including phenoxy) is 1. The third kappa shape index (κ3) is 5.48. The molecule has 170 valence electrons. The first-order valence-electron chi connectivity index (χ1n) is 10.4. The summed E-state index contributed by atoms with van der Waals surface area (Å²) in [5.41, 5.74) is 9.72. The lowest BCUT2D eigenvalue weighted by molar-refractivity contribution is -0.0255. The van der Waals surface area contributed by atoms with Crippen molar-refractivity contribution in [3.05, 3.63) is 84.4 Å². The molecular formula is C25H24N2O5S. The van der Waals surface area contributed by atoms with Crippen molar-refractivity contribution in [1.82, 2.24) is 4.98 Å². The first-order chi connectivity index (χ1) is 15.8. The smallest absolute Gasteiger partial charge is 0.299 e. The third-order valence-corrected chi connectivity index (χ3v) is 6.38. The number of nitrogens with zero attached hydrogens (tertiary/aromatic N) is 1. The number of hydrogen-bond acceptors (Lipinski definition) is 7. The van der Waals surface area contributed by atoms with Crippen molar-refractivity contribution in [3.63, 3.8) is 0 Å². The number of fused-ring (bicyclic) bond motifs is 1. The molecule has 3 N–H and O–H groups in total. The van der Waals surface area contributed by atoms with Gasteiger partial charge in [-0.3, -0.25) is 0 Å². The van der Waals surface area contributed by atoms with Crippen molar-refractivity contribution in [3.8, 4) is 17.0 Å². The Labute approximate surface area is 192 Å². The number of aryl methyl sites for hydroxylation is 1. The van der Waals surface area contributed by atoms with Crippen LogP contribution in [-0.2, 0) is 14.3 Å². The molecular weight excluding hydrogens is 440 g/mol. The fourth-order valence-corrected chi connectivity index (χ4v) is 4.24. The molecule has 0 aliphatic rings. The van der Waals surface area contributed by atoms with Crippen LogP contribution in [0.5, 0.6) is 5.75 Å². The van der Waals surface area contributed by atoms with Crippen LogP contribution in [0.4, 0.5) is 5.69 Å². The van der Waals surface area contributed by atoms with Crippen molar-refractivity contribution in [2.24, 2.45) is 0 Å². The maximum Gasteiger partial charge on any atom is 0.299 e. The molecule has 0 saturated carbocycles. The van der Waals surface area contributed by atoms with Gasteiger partial charge in [-0.05, 0) is 43.3 Å². The second kappa shape index (κ2) is 9.58. The van der Waals surface area contributed by atoms with E-state index < -0.39 is 16.4 Å². The normalized spacial score (nSPS) is 12.5. The molecule has 1 unspecified atom stereocenters. The van der Waals surface area contributed by atoms with Crippen molar-refractivity contribution >= 4 is 26.7 Å². The van der Waals surface area contributed by atoms with Gasteiger partial charge < -0.3 is 15.6 Å². The zero-order valence-electron chi connectivity index (χ0n) is 18.0. The van der Waals surface area contributed by atoms with E-state index in [1.54, 1.807) is 18.2 Å². The molecule has 0 aliphatic heterocycles. The van der Waals surface area contributed by atoms with Gasteiger partial charge in [0.2, 0.25) is 0 Å². The Balaban J connectivity index is 1.44. The molecule has 1 aromatic heterocycles. The number of anilines is 1. The molecule has 0 fully saturated rings. The highest BCUT2D eigenvalue weighted by molar-refractivity contribution is 7.86. The van der Waals surface area contributed by atoms with Gasteiger partial charge in [0.1, 0.15) is 11.3 Å². The van der Waals surface area contributed by atoms with E-state index in [1.165, 1.54) is 12.1 Å². The van der Waals surface area contributed by atoms with Gasteiger partial charge >= 0.3 is 0 Å². The number of para-hydroxylation sites is 1. The zero-order chi connectivity index (χ0) is 23.4. The molecule has 0 spiro atoms. The van der Waals surface area contributed by atoms with E-state index in [2.05, 4.69) is 0 Å². The van der Waals surface area contributed by atoms with Crippen LogP contribution < -0.4 is 10.5 Å². The van der Waals surface area contributed by atoms with Crippen molar-refractivity contribution in [2.75, 3.05) is 12.3 Å². The lowest BCUT2D eigenvalue weighted by atomic mass is 10.1. The molecule has 1 heterocycles. The molecule has 4 rings (SSSR count). The van der Waals surface area contributed by atoms with Crippen LogP contribution >= 0.6 is 0 Å². The molecule has 0 bridgehead atoms. The summed E-state index contributed by atoms with van der Waals surface area (Å²) in [7, 11) is -4.07. The van der Waals surface area contributed by atoms with Crippen molar-refractivity contribution in [2.45, 2.75) is 24.5 Å². The van der Waals surface area contributed by atoms with Crippen LogP contribution in [0.2, 0.25) is 0 Å². The van der Waals surface area contributed by atoms with Gasteiger partial charge in [-0.2, -0.15) is 8.42 Å². The minimum atomic E-state index is -4.07. The molecule has 0 radical (unpaired) electrons. The lowest BCUT2D eigenvalue weighted by Crippen LogP contribution is -2.20. The number of aliphatic hydroxyl groups is 1. The van der Waals surface area contributed by atoms with E-state index in [1.807, 2.05) is 55.5 Å². The SMILES string of the molecule is Cc1ccc(S(=O)(=O)OC(O)CCOc2cccc3ccc(-c4ccc(N)cc4)nc23)cc1. The third-order valence-electron chi connectivity index (χ3n) is 5.06. The Morgan fingerprint density at radius 1 is 0.970 bits per heavy atom. The number of benzene rings is 3. The summed E-state index contributed by atoms with van der Waals surface area (Å²) in [6.07, 6.45) is -1.58. The topological polar surface area (TPSA) is 112 Å². The number of pyridine rings is 1. The van der Waals surface area contributed by atoms with E-state index in [9.17, 15) is 13.5 Å². The largest absolute Gasteiger partial charge is 0.491 e. The minimum Gasteiger partial charge on any atom is -0.491 e. The molecule has 7 nitrogen and oxygen atoms in total. The molecule has 0 saturated heterocycles. The van der Waals surface area contributed by atoms with Crippen LogP contribution in [0.3, 0.4) is 0 Å². The number of nitrogen functional groups attached to an aromatic ring is 1. The lowest BCUT2D eigenvalue weighted by Gasteiger charge is -2.14. The first-order valence-corrected chi connectivity index (χ1v) is 11.8. The van der Waals surface area contributed by atoms with Gasteiger partial charge in [-0.1, -0.05) is 48.0 Å². The predicted molar refractivity (Wildman–Crippen MR) is 127 cm³/mol. The number of hydrogen-bond donors (Lipinski definition) is 2. The Morgan fingerprint density at radius 3 is 2.42 bits per heavy atom. The Hall–Kier alpha value is -3.46. The molecule has 8 heteroatoms. The molecule has 33 heavy (non-hydrogen) atoms. The van der Waals surface area contributed by atoms with Gasteiger partial charge in [0.15, 0.2) is 6.29 Å². The van der Waals surface area contributed by atoms with Crippen LogP contribution in [0.1, 0.15) is 12.0 Å². The van der Waals surface area contributed by atoms with E-state index >= 15 is 0 Å². The van der Waals surface area contributed by atoms with Gasteiger partial charge in [0.25, 0.3) is 10.1 Å². The van der Waals surface area contributed by atoms with Gasteiger partial charge in [-0.25, -0.2) is 9.17 Å². The summed E-state index contributed by atoms with van der Waals surface area (Å²) in [6.45, 7) is 1.89. The van der Waals surface area contributed by atoms with Gasteiger partial charge in [0, 0.05) is 23.1 Å². The molecule has 4 aromatic rings. The summed E-state index contributed by atoms with van der Waals surface area (Å²) >= 11 is 0. The Kier molecular flexibility index (Phi) is 6.60. The van der Waals surface area contributed by atoms with Gasteiger partial charge in [0.05, 0.1) is 17.2 Å². The highest BCUT2D eigenvalue weighted by Gasteiger charge is 2.20. The van der Waals surface area contributed by atoms with Crippen LogP contribution in [0.15, 0.2) is 83.8 Å². The van der Waals surface area contributed by atoms with Gasteiger partial charge in [-0.15, -0.1) is 0 Å². The molecule has 1 atom stereocenters. The highest BCUT2D eigenvalue weighted by Crippen LogP contribution is 2.28. The monoisotopic (exact) mass is 464 g/mol. The average molecular weight is 465 g/mol. The molecule has 0 amide bonds. The number of aliphatic hydroxyl groups excluding tert-OH is 1. The minimum absolute atomic E-state index is 0.0125. The van der Waals surface area contributed by atoms with E-state index in [0.717, 1.165) is 22.2 Å². The van der Waals surface area contributed by atoms with Crippen LogP contribution in [0.25, 0.3) is 22.2 Å². The number of aromatic nitrogens is 1. The standard InChI is InChI=1S/C25H24N2O5S/c1-17-5-12-21(13-6-17)33(29,30)32-24(28)15-16-31-23-4-2-3-19-9-14-22(27-25(19)23)18-7-10-20(26)11-8-18/h2-14,24,28H,15-16,26H2,1H3. The molecule has 0 aliphatic carbocycles. The fourth-order valence-electron chi connectivity index (χ4n) is 3.28. The van der Waals surface area contributed by atoms with Crippen LogP contribution in [0, 0.1) is 6.92 Å². The summed E-state index contributed by atoms with van der Waals surface area (Å²) in [5, 5.41) is 11.0. The number of rotatable bonds is 8. The maximum atomic E-state index is 12.3. The Morgan fingerprint density at radius 2 is 1.70 bits per heavy atom. The zero-order valence-corrected chi connectivity index (χ0v) is 18.8. The van der Waals surface area contributed by atoms with Crippen molar-refractivity contribution in [1.29, 1.82) is 0 Å². The van der Waals surface area contributed by atoms with Crippen molar-refractivity contribution < 1.29 is 22.4 Å². The highest BCUT2D eigenvalue weighted by atomic mass is 32.2. The predicted octanol–water partition coefficient (Wildman–Crippen LogP) is 4.29. The summed E-state index contributed by atoms with van der Waals surface area (Å²) in [6, 6.07) is 23.1. The second-order valence-corrected chi connectivity index (χ2v) is 9.17. The quantitative estimate of drug-likeness (QED) is 0.227. The summed E-state index contributed by atoms with van der Waals surface area (Å²) in [5.74, 6) is 0.526. The van der Waals surface area contributed by atoms with E-state index in [4.69, 9.17) is 19.6 Å². The maximum absolute atomic E-state index is 12.3. The van der Waals surface area contributed by atoms with E-state index in [-0.39, 0.29) is 17.9 Å². The average Bonchev–Trinajstić information content (AvgIpc) is 2.79. The van der Waals surface area contributed by atoms with Crippen LogP contribution in [-0.4, -0.2) is 31.4 Å². The fraction of sp³-hybridized carbons (Fsp3) is 0.160. The molecule has 3 aromatic carbocycles. The summed E-state index contributed by atoms with van der Waals surface area (Å²) in [4.78, 5) is 4.71. The number of nitrogens with two attached hydrogens (primary N) is 1. The first kappa shape index (κ1) is 22.7. The second-order valence-electron chi connectivity index (χ2n) is 7.60. The summed E-state index contributed by atoms with van der Waals surface area (Å²) < 4.78 is 35.3. The van der Waals surface area contributed by atoms with E-state index in [0.29, 0.717) is 17.0 Å².